The lowest BCUT2D eigenvalue weighted by atomic mass is 9.78. The predicted octanol–water partition coefficient (Wildman–Crippen LogP) is 4.71. The Hall–Kier alpha value is -1.25. The van der Waals surface area contributed by atoms with E-state index in [1.807, 2.05) is 0 Å². The Balaban J connectivity index is 2.76. The van der Waals surface area contributed by atoms with Crippen molar-refractivity contribution < 1.29 is 0 Å². The molecule has 1 unspecified atom stereocenters. The number of fused-ring (bicyclic) bond motifs is 1. The number of nitrogens with zero attached hydrogens (tertiary/aromatic N) is 3. The van der Waals surface area contributed by atoms with Crippen LogP contribution in [0.1, 0.15) is 85.3 Å². The molecule has 2 rings (SSSR count). The summed E-state index contributed by atoms with van der Waals surface area (Å²) in [5.41, 5.74) is 4.62. The fourth-order valence-electron chi connectivity index (χ4n) is 2.84. The van der Waals surface area contributed by atoms with Gasteiger partial charge in [-0.3, -0.25) is 4.99 Å². The summed E-state index contributed by atoms with van der Waals surface area (Å²) >= 11 is 0. The molecular formula is C18H29N3. The third kappa shape index (κ3) is 2.88. The quantitative estimate of drug-likeness (QED) is 0.693. The monoisotopic (exact) mass is 287 g/mol. The van der Waals surface area contributed by atoms with Crippen molar-refractivity contribution in [1.29, 1.82) is 0 Å². The Morgan fingerprint density at radius 2 is 1.38 bits per heavy atom. The van der Waals surface area contributed by atoms with Crippen molar-refractivity contribution in [1.82, 2.24) is 9.97 Å². The SMILES string of the molecule is CC(C)(C)C1=NC(C(C)(C)C)c2ncnc(C(C)(C)C)c21. The van der Waals surface area contributed by atoms with Crippen LogP contribution in [-0.4, -0.2) is 15.7 Å². The van der Waals surface area contributed by atoms with E-state index in [1.165, 1.54) is 5.56 Å². The molecule has 2 heterocycles. The summed E-state index contributed by atoms with van der Waals surface area (Å²) in [6.07, 6.45) is 1.71. The van der Waals surface area contributed by atoms with Gasteiger partial charge in [-0.2, -0.15) is 0 Å². The number of rotatable bonds is 0. The second kappa shape index (κ2) is 4.62. The maximum Gasteiger partial charge on any atom is 0.116 e. The first-order valence-electron chi connectivity index (χ1n) is 7.77. The van der Waals surface area contributed by atoms with Gasteiger partial charge >= 0.3 is 0 Å². The first-order chi connectivity index (χ1) is 9.33. The van der Waals surface area contributed by atoms with Gasteiger partial charge in [-0.25, -0.2) is 9.97 Å². The van der Waals surface area contributed by atoms with Crippen molar-refractivity contribution in [3.63, 3.8) is 0 Å². The molecule has 0 aromatic carbocycles. The molecule has 0 saturated carbocycles. The molecule has 21 heavy (non-hydrogen) atoms. The van der Waals surface area contributed by atoms with Crippen LogP contribution in [0.3, 0.4) is 0 Å². The molecule has 0 amide bonds. The minimum absolute atomic E-state index is 0.000532. The molecular weight excluding hydrogens is 258 g/mol. The molecule has 1 aromatic rings. The summed E-state index contributed by atoms with van der Waals surface area (Å²) in [7, 11) is 0. The molecule has 0 N–H and O–H groups in total. The van der Waals surface area contributed by atoms with Crippen LogP contribution in [0.15, 0.2) is 11.3 Å². The standard InChI is InChI=1S/C18H29N3/c1-16(2,3)13-11-12(19-10-20-13)15(18(7,8)9)21-14(11)17(4,5)6/h10,15H,1-9H3. The van der Waals surface area contributed by atoms with Gasteiger partial charge in [0.15, 0.2) is 0 Å². The third-order valence-electron chi connectivity index (χ3n) is 3.87. The van der Waals surface area contributed by atoms with E-state index in [4.69, 9.17) is 4.99 Å². The Morgan fingerprint density at radius 3 is 1.81 bits per heavy atom. The molecule has 0 bridgehead atoms. The van der Waals surface area contributed by atoms with Crippen molar-refractivity contribution in [3.05, 3.63) is 23.3 Å². The Bertz CT molecular complexity index is 578. The van der Waals surface area contributed by atoms with Gasteiger partial charge in [0.05, 0.1) is 23.1 Å². The molecule has 0 fully saturated rings. The number of aromatic nitrogens is 2. The highest BCUT2D eigenvalue weighted by molar-refractivity contribution is 6.08. The van der Waals surface area contributed by atoms with Crippen LogP contribution in [0, 0.1) is 10.8 Å². The number of hydrogen-bond acceptors (Lipinski definition) is 3. The van der Waals surface area contributed by atoms with Crippen molar-refractivity contribution in [3.8, 4) is 0 Å². The summed E-state index contributed by atoms with van der Waals surface area (Å²) in [6.45, 7) is 20.0. The van der Waals surface area contributed by atoms with Crippen LogP contribution < -0.4 is 0 Å². The van der Waals surface area contributed by atoms with E-state index >= 15 is 0 Å². The zero-order chi connectivity index (χ0) is 16.2. The van der Waals surface area contributed by atoms with Gasteiger partial charge in [0.2, 0.25) is 0 Å². The van der Waals surface area contributed by atoms with Crippen LogP contribution in [0.5, 0.6) is 0 Å². The fraction of sp³-hybridized carbons (Fsp3) is 0.722. The first-order valence-corrected chi connectivity index (χ1v) is 7.77. The molecule has 1 atom stereocenters. The van der Waals surface area contributed by atoms with E-state index < -0.39 is 0 Å². The van der Waals surface area contributed by atoms with Gasteiger partial charge < -0.3 is 0 Å². The van der Waals surface area contributed by atoms with E-state index in [0.29, 0.717) is 0 Å². The second-order valence-corrected chi connectivity index (χ2v) is 9.23. The fourth-order valence-corrected chi connectivity index (χ4v) is 2.84. The van der Waals surface area contributed by atoms with Gasteiger partial charge in [-0.05, 0) is 5.41 Å². The van der Waals surface area contributed by atoms with E-state index in [9.17, 15) is 0 Å². The zero-order valence-corrected chi connectivity index (χ0v) is 15.0. The summed E-state index contributed by atoms with van der Waals surface area (Å²) in [5, 5.41) is 0. The third-order valence-corrected chi connectivity index (χ3v) is 3.87. The normalized spacial score (nSPS) is 19.5. The van der Waals surface area contributed by atoms with Crippen molar-refractivity contribution in [2.75, 3.05) is 0 Å². The Kier molecular flexibility index (Phi) is 3.55. The maximum atomic E-state index is 5.09. The lowest BCUT2D eigenvalue weighted by Crippen LogP contribution is -2.26. The zero-order valence-electron chi connectivity index (χ0n) is 15.0. The first kappa shape index (κ1) is 16.1. The van der Waals surface area contributed by atoms with Crippen molar-refractivity contribution in [2.24, 2.45) is 15.8 Å². The Labute approximate surface area is 129 Å². The summed E-state index contributed by atoms with van der Waals surface area (Å²) in [6, 6.07) is 0.117. The highest BCUT2D eigenvalue weighted by atomic mass is 15.0. The molecule has 1 aromatic heterocycles. The topological polar surface area (TPSA) is 38.1 Å². The van der Waals surface area contributed by atoms with Gasteiger partial charge in [0.1, 0.15) is 6.33 Å². The van der Waals surface area contributed by atoms with Gasteiger partial charge in [0.25, 0.3) is 0 Å². The van der Waals surface area contributed by atoms with Crippen LogP contribution >= 0.6 is 0 Å². The molecule has 0 radical (unpaired) electrons. The van der Waals surface area contributed by atoms with Crippen molar-refractivity contribution >= 4 is 5.71 Å². The lowest BCUT2D eigenvalue weighted by Gasteiger charge is -2.26. The van der Waals surface area contributed by atoms with E-state index in [1.54, 1.807) is 6.33 Å². The van der Waals surface area contributed by atoms with Gasteiger partial charge in [-0.15, -0.1) is 0 Å². The average molecular weight is 287 g/mol. The van der Waals surface area contributed by atoms with Crippen LogP contribution in [0.2, 0.25) is 0 Å². The lowest BCUT2D eigenvalue weighted by molar-refractivity contribution is 0.326. The molecule has 3 nitrogen and oxygen atoms in total. The van der Waals surface area contributed by atoms with Crippen LogP contribution in [-0.2, 0) is 5.41 Å². The highest BCUT2D eigenvalue weighted by Gasteiger charge is 2.41. The Morgan fingerprint density at radius 1 is 0.810 bits per heavy atom. The van der Waals surface area contributed by atoms with E-state index in [0.717, 1.165) is 17.1 Å². The van der Waals surface area contributed by atoms with Crippen LogP contribution in [0.25, 0.3) is 0 Å². The molecule has 1 aliphatic rings. The minimum atomic E-state index is -0.00812. The van der Waals surface area contributed by atoms with Gasteiger partial charge in [0, 0.05) is 16.4 Å². The molecule has 3 heteroatoms. The molecule has 1 aliphatic heterocycles. The minimum Gasteiger partial charge on any atom is -0.278 e. The number of aliphatic imine (C=N–C) groups is 1. The maximum absolute atomic E-state index is 5.09. The van der Waals surface area contributed by atoms with E-state index in [2.05, 4.69) is 72.3 Å². The second-order valence-electron chi connectivity index (χ2n) is 9.23. The summed E-state index contributed by atoms with van der Waals surface area (Å²) in [4.78, 5) is 14.3. The van der Waals surface area contributed by atoms with Gasteiger partial charge in [-0.1, -0.05) is 62.3 Å². The summed E-state index contributed by atoms with van der Waals surface area (Å²) < 4.78 is 0. The van der Waals surface area contributed by atoms with Crippen molar-refractivity contribution in [2.45, 2.75) is 73.8 Å². The predicted molar refractivity (Wildman–Crippen MR) is 88.9 cm³/mol. The molecule has 0 spiro atoms. The number of hydrogen-bond donors (Lipinski definition) is 0. The molecule has 0 aliphatic carbocycles. The largest absolute Gasteiger partial charge is 0.278 e. The molecule has 116 valence electrons. The molecule has 0 saturated heterocycles. The summed E-state index contributed by atoms with van der Waals surface area (Å²) in [5.74, 6) is 0. The average Bonchev–Trinajstić information content (AvgIpc) is 2.65. The van der Waals surface area contributed by atoms with Crippen LogP contribution in [0.4, 0.5) is 0 Å². The smallest absolute Gasteiger partial charge is 0.116 e. The highest BCUT2D eigenvalue weighted by Crippen LogP contribution is 2.46. The van der Waals surface area contributed by atoms with E-state index in [-0.39, 0.29) is 22.3 Å².